The van der Waals surface area contributed by atoms with Crippen LogP contribution in [0.1, 0.15) is 28.2 Å². The van der Waals surface area contributed by atoms with Crippen LogP contribution in [0.25, 0.3) is 0 Å². The number of halogens is 2. The molecule has 20 heavy (non-hydrogen) atoms. The molecule has 0 saturated carbocycles. The van der Waals surface area contributed by atoms with Crippen molar-refractivity contribution in [2.75, 3.05) is 6.54 Å². The summed E-state index contributed by atoms with van der Waals surface area (Å²) < 4.78 is 4.69. The van der Waals surface area contributed by atoms with Crippen LogP contribution in [0.2, 0.25) is 10.0 Å². The first-order chi connectivity index (χ1) is 9.47. The van der Waals surface area contributed by atoms with Crippen molar-refractivity contribution < 1.29 is 14.4 Å². The molecule has 0 bridgehead atoms. The molecule has 0 aliphatic rings. The number of aromatic nitrogens is 2. The summed E-state index contributed by atoms with van der Waals surface area (Å²) in [5, 5.41) is 16.7. The molecule has 8 heteroatoms. The van der Waals surface area contributed by atoms with Gasteiger partial charge < -0.3 is 14.9 Å². The Bertz CT molecular complexity index is 630. The van der Waals surface area contributed by atoms with Crippen molar-refractivity contribution in [1.29, 1.82) is 0 Å². The van der Waals surface area contributed by atoms with Gasteiger partial charge >= 0.3 is 0 Å². The van der Waals surface area contributed by atoms with E-state index in [1.807, 2.05) is 0 Å². The number of benzene rings is 1. The van der Waals surface area contributed by atoms with E-state index in [1.54, 1.807) is 19.1 Å². The Morgan fingerprint density at radius 2 is 2.25 bits per heavy atom. The van der Waals surface area contributed by atoms with Gasteiger partial charge in [-0.3, -0.25) is 4.79 Å². The molecule has 0 aliphatic heterocycles. The number of carbonyl (C=O) groups is 1. The first kappa shape index (κ1) is 14.8. The van der Waals surface area contributed by atoms with Gasteiger partial charge in [0.25, 0.3) is 11.7 Å². The van der Waals surface area contributed by atoms with Crippen molar-refractivity contribution in [2.45, 2.75) is 13.0 Å². The molecule has 1 aromatic heterocycles. The Labute approximate surface area is 124 Å². The van der Waals surface area contributed by atoms with Crippen molar-refractivity contribution in [3.05, 3.63) is 45.5 Å². The van der Waals surface area contributed by atoms with Gasteiger partial charge in [-0.2, -0.15) is 4.98 Å². The van der Waals surface area contributed by atoms with Crippen molar-refractivity contribution in [2.24, 2.45) is 0 Å². The summed E-state index contributed by atoms with van der Waals surface area (Å²) in [7, 11) is 0. The lowest BCUT2D eigenvalue weighted by molar-refractivity contribution is 0.0903. The molecular weight excluding hydrogens is 305 g/mol. The Morgan fingerprint density at radius 3 is 2.85 bits per heavy atom. The fourth-order valence-corrected chi connectivity index (χ4v) is 2.08. The summed E-state index contributed by atoms with van der Waals surface area (Å²) >= 11 is 11.7. The molecule has 2 rings (SSSR count). The fourth-order valence-electron chi connectivity index (χ4n) is 1.54. The second kappa shape index (κ2) is 6.21. The zero-order valence-electron chi connectivity index (χ0n) is 10.4. The zero-order chi connectivity index (χ0) is 14.7. The molecule has 0 fully saturated rings. The Morgan fingerprint density at radius 1 is 1.50 bits per heavy atom. The number of hydrogen-bond donors (Lipinski definition) is 2. The number of aliphatic hydroxyl groups excluding tert-OH is 1. The normalized spacial score (nSPS) is 12.2. The van der Waals surface area contributed by atoms with E-state index in [-0.39, 0.29) is 18.3 Å². The van der Waals surface area contributed by atoms with Crippen LogP contribution in [0.3, 0.4) is 0 Å². The lowest BCUT2D eigenvalue weighted by Crippen LogP contribution is -2.29. The molecule has 0 aliphatic carbocycles. The summed E-state index contributed by atoms with van der Waals surface area (Å²) in [6.07, 6.45) is -0.961. The van der Waals surface area contributed by atoms with Gasteiger partial charge in [-0.15, -0.1) is 0 Å². The predicted octanol–water partition coefficient (Wildman–Crippen LogP) is 2.15. The number of hydrogen-bond acceptors (Lipinski definition) is 5. The van der Waals surface area contributed by atoms with Gasteiger partial charge in [0.2, 0.25) is 5.89 Å². The van der Waals surface area contributed by atoms with E-state index in [1.165, 1.54) is 6.07 Å². The largest absolute Gasteiger partial charge is 0.387 e. The van der Waals surface area contributed by atoms with Gasteiger partial charge in [-0.05, 0) is 12.1 Å². The van der Waals surface area contributed by atoms with Crippen LogP contribution in [0.5, 0.6) is 0 Å². The van der Waals surface area contributed by atoms with E-state index in [0.717, 1.165) is 0 Å². The molecule has 1 amide bonds. The maximum Gasteiger partial charge on any atom is 0.292 e. The maximum atomic E-state index is 11.7. The number of nitrogens with zero attached hydrogens (tertiary/aromatic N) is 2. The Kier molecular flexibility index (Phi) is 4.59. The van der Waals surface area contributed by atoms with Crippen molar-refractivity contribution in [1.82, 2.24) is 15.5 Å². The van der Waals surface area contributed by atoms with Crippen LogP contribution < -0.4 is 5.32 Å². The molecule has 106 valence electrons. The molecule has 2 N–H and O–H groups in total. The van der Waals surface area contributed by atoms with E-state index in [9.17, 15) is 9.90 Å². The number of amides is 1. The van der Waals surface area contributed by atoms with Crippen LogP contribution in [-0.4, -0.2) is 27.7 Å². The molecule has 1 aromatic carbocycles. The molecule has 1 atom stereocenters. The molecular formula is C12H11Cl2N3O3. The number of aryl methyl sites for hydroxylation is 1. The molecule has 0 radical (unpaired) electrons. The topological polar surface area (TPSA) is 88.2 Å². The summed E-state index contributed by atoms with van der Waals surface area (Å²) in [5.74, 6) is -0.334. The molecule has 1 unspecified atom stereocenters. The van der Waals surface area contributed by atoms with Crippen molar-refractivity contribution in [3.63, 3.8) is 0 Å². The van der Waals surface area contributed by atoms with Crippen LogP contribution in [0.4, 0.5) is 0 Å². The highest BCUT2D eigenvalue weighted by atomic mass is 35.5. The van der Waals surface area contributed by atoms with Crippen LogP contribution in [-0.2, 0) is 0 Å². The van der Waals surface area contributed by atoms with Gasteiger partial charge in [0.15, 0.2) is 0 Å². The maximum absolute atomic E-state index is 11.7. The molecule has 1 heterocycles. The third-order valence-corrected chi connectivity index (χ3v) is 3.07. The van der Waals surface area contributed by atoms with E-state index in [4.69, 9.17) is 23.2 Å². The van der Waals surface area contributed by atoms with Crippen molar-refractivity contribution >= 4 is 29.1 Å². The van der Waals surface area contributed by atoms with Gasteiger partial charge in [-0.1, -0.05) is 34.4 Å². The van der Waals surface area contributed by atoms with Crippen LogP contribution >= 0.6 is 23.2 Å². The molecule has 0 spiro atoms. The average Bonchev–Trinajstić information content (AvgIpc) is 2.82. The Balaban J connectivity index is 1.98. The fraction of sp³-hybridized carbons (Fsp3) is 0.250. The molecule has 0 saturated heterocycles. The van der Waals surface area contributed by atoms with E-state index in [0.29, 0.717) is 15.6 Å². The highest BCUT2D eigenvalue weighted by Gasteiger charge is 2.16. The van der Waals surface area contributed by atoms with Gasteiger partial charge in [0.1, 0.15) is 0 Å². The minimum absolute atomic E-state index is 0.0340. The highest BCUT2D eigenvalue weighted by Crippen LogP contribution is 2.25. The van der Waals surface area contributed by atoms with Gasteiger partial charge in [-0.25, -0.2) is 0 Å². The summed E-state index contributed by atoms with van der Waals surface area (Å²) in [4.78, 5) is 15.4. The Hall–Kier alpha value is -1.63. The van der Waals surface area contributed by atoms with Gasteiger partial charge in [0.05, 0.1) is 6.10 Å². The first-order valence-electron chi connectivity index (χ1n) is 5.69. The quantitative estimate of drug-likeness (QED) is 0.902. The second-order valence-electron chi connectivity index (χ2n) is 4.03. The lowest BCUT2D eigenvalue weighted by Gasteiger charge is -2.13. The zero-order valence-corrected chi connectivity index (χ0v) is 11.9. The number of rotatable bonds is 4. The minimum atomic E-state index is -0.961. The number of nitrogens with one attached hydrogen (secondary N) is 1. The van der Waals surface area contributed by atoms with Gasteiger partial charge in [0, 0.05) is 29.1 Å². The molecule has 6 nitrogen and oxygen atoms in total. The summed E-state index contributed by atoms with van der Waals surface area (Å²) in [6.45, 7) is 1.54. The predicted molar refractivity (Wildman–Crippen MR) is 72.8 cm³/mol. The highest BCUT2D eigenvalue weighted by molar-refractivity contribution is 6.35. The van der Waals surface area contributed by atoms with E-state index in [2.05, 4.69) is 20.0 Å². The van der Waals surface area contributed by atoms with Crippen molar-refractivity contribution in [3.8, 4) is 0 Å². The van der Waals surface area contributed by atoms with Crippen LogP contribution in [0, 0.1) is 6.92 Å². The lowest BCUT2D eigenvalue weighted by atomic mass is 10.1. The smallest absolute Gasteiger partial charge is 0.292 e. The standard InChI is InChI=1S/C12H11Cl2N3O3/c1-6-16-11(17-20-6)12(19)15-5-10(18)8-3-2-7(13)4-9(8)14/h2-4,10,18H,5H2,1H3,(H,15,19). The second-order valence-corrected chi connectivity index (χ2v) is 4.87. The SMILES string of the molecule is Cc1nc(C(=O)NCC(O)c2ccc(Cl)cc2Cl)no1. The average molecular weight is 316 g/mol. The molecule has 2 aromatic rings. The minimum Gasteiger partial charge on any atom is -0.387 e. The monoisotopic (exact) mass is 315 g/mol. The first-order valence-corrected chi connectivity index (χ1v) is 6.44. The number of carbonyl (C=O) groups excluding carboxylic acids is 1. The summed E-state index contributed by atoms with van der Waals surface area (Å²) in [5.41, 5.74) is 0.473. The van der Waals surface area contributed by atoms with Crippen LogP contribution in [0.15, 0.2) is 22.7 Å². The summed E-state index contributed by atoms with van der Waals surface area (Å²) in [6, 6.07) is 4.72. The van der Waals surface area contributed by atoms with E-state index < -0.39 is 12.0 Å². The number of aliphatic hydroxyl groups is 1. The third kappa shape index (κ3) is 3.47. The third-order valence-electron chi connectivity index (χ3n) is 2.51. The van der Waals surface area contributed by atoms with E-state index >= 15 is 0 Å².